The second-order valence-corrected chi connectivity index (χ2v) is 5.80. The second-order valence-electron chi connectivity index (χ2n) is 5.80. The molecule has 7 nitrogen and oxygen atoms in total. The lowest BCUT2D eigenvalue weighted by atomic mass is 10.1. The van der Waals surface area contributed by atoms with Gasteiger partial charge in [0.15, 0.2) is 0 Å². The van der Waals surface area contributed by atoms with Crippen molar-refractivity contribution in [2.45, 2.75) is 71.0 Å². The van der Waals surface area contributed by atoms with Crippen molar-refractivity contribution in [2.24, 2.45) is 11.5 Å². The highest BCUT2D eigenvalue weighted by molar-refractivity contribution is 5.81. The maximum Gasteiger partial charge on any atom is 0.146 e. The van der Waals surface area contributed by atoms with E-state index in [1.165, 1.54) is 13.8 Å². The smallest absolute Gasteiger partial charge is 0.146 e. The molecule has 0 radical (unpaired) electrons. The molecule has 22 heavy (non-hydrogen) atoms. The molecule has 124 valence electrons. The summed E-state index contributed by atoms with van der Waals surface area (Å²) in [6, 6.07) is -0.725. The van der Waals surface area contributed by atoms with Gasteiger partial charge in [-0.25, -0.2) is 0 Å². The molecular formula is C15H27N5O2. The summed E-state index contributed by atoms with van der Waals surface area (Å²) in [7, 11) is 0. The zero-order valence-corrected chi connectivity index (χ0v) is 13.5. The third-order valence-electron chi connectivity index (χ3n) is 3.73. The van der Waals surface area contributed by atoms with Crippen LogP contribution in [0.1, 0.15) is 51.6 Å². The van der Waals surface area contributed by atoms with Crippen LogP contribution in [-0.4, -0.2) is 38.6 Å². The van der Waals surface area contributed by atoms with Crippen molar-refractivity contribution in [3.8, 4) is 0 Å². The van der Waals surface area contributed by atoms with Crippen LogP contribution in [0.3, 0.4) is 0 Å². The molecule has 4 N–H and O–H groups in total. The monoisotopic (exact) mass is 309 g/mol. The summed E-state index contributed by atoms with van der Waals surface area (Å²) in [4.78, 5) is 22.1. The number of carbonyl (C=O) groups is 2. The maximum atomic E-state index is 11.0. The van der Waals surface area contributed by atoms with E-state index in [1.807, 2.05) is 6.20 Å². The van der Waals surface area contributed by atoms with Crippen molar-refractivity contribution >= 4 is 11.6 Å². The highest BCUT2D eigenvalue weighted by Crippen LogP contribution is 2.06. The fraction of sp³-hybridized carbons (Fsp3) is 0.733. The lowest BCUT2D eigenvalue weighted by Crippen LogP contribution is -2.28. The summed E-state index contributed by atoms with van der Waals surface area (Å²) < 4.78 is 1.81. The minimum atomic E-state index is -0.375. The second kappa shape index (κ2) is 9.42. The molecule has 0 fully saturated rings. The van der Waals surface area contributed by atoms with E-state index in [1.54, 1.807) is 4.68 Å². The highest BCUT2D eigenvalue weighted by Gasteiger charge is 2.09. The van der Waals surface area contributed by atoms with Crippen molar-refractivity contribution in [3.05, 3.63) is 11.9 Å². The van der Waals surface area contributed by atoms with Crippen LogP contribution in [0.5, 0.6) is 0 Å². The number of aryl methyl sites for hydroxylation is 2. The predicted molar refractivity (Wildman–Crippen MR) is 84.1 cm³/mol. The summed E-state index contributed by atoms with van der Waals surface area (Å²) >= 11 is 0. The topological polar surface area (TPSA) is 117 Å². The standard InChI is InChI=1S/C15H27N5O2/c1-11(21)14(16)7-3-4-9-20-10-13(18-19-20)6-5-8-15(17)12(2)22/h10,14-15H,3-9,16-17H2,1-2H3. The molecule has 0 amide bonds. The Hall–Kier alpha value is -1.60. The zero-order valence-electron chi connectivity index (χ0n) is 13.5. The Balaban J connectivity index is 2.21. The van der Waals surface area contributed by atoms with E-state index in [9.17, 15) is 9.59 Å². The van der Waals surface area contributed by atoms with Crippen LogP contribution in [0.25, 0.3) is 0 Å². The molecule has 7 heteroatoms. The van der Waals surface area contributed by atoms with Gasteiger partial charge in [0.1, 0.15) is 11.6 Å². The molecule has 0 aliphatic rings. The van der Waals surface area contributed by atoms with Gasteiger partial charge in [-0.3, -0.25) is 14.3 Å². The number of ketones is 2. The average Bonchev–Trinajstić information content (AvgIpc) is 2.90. The van der Waals surface area contributed by atoms with Gasteiger partial charge in [0.05, 0.1) is 17.8 Å². The molecule has 0 aliphatic heterocycles. The Labute approximate surface area is 131 Å². The summed E-state index contributed by atoms with van der Waals surface area (Å²) in [5, 5.41) is 8.18. The molecule has 0 spiro atoms. The van der Waals surface area contributed by atoms with Crippen LogP contribution in [-0.2, 0) is 22.6 Å². The normalized spacial score (nSPS) is 13.8. The SMILES string of the molecule is CC(=O)C(N)CCCCn1cc(CCCC(N)C(C)=O)nn1. The molecule has 1 aromatic heterocycles. The van der Waals surface area contributed by atoms with Gasteiger partial charge in [-0.2, -0.15) is 0 Å². The fourth-order valence-corrected chi connectivity index (χ4v) is 2.11. The van der Waals surface area contributed by atoms with Gasteiger partial charge >= 0.3 is 0 Å². The lowest BCUT2D eigenvalue weighted by molar-refractivity contribution is -0.119. The number of nitrogens with zero attached hydrogens (tertiary/aromatic N) is 3. The molecule has 1 rings (SSSR count). The Bertz CT molecular complexity index is 486. The minimum Gasteiger partial charge on any atom is -0.322 e. The Morgan fingerprint density at radius 1 is 1.09 bits per heavy atom. The molecular weight excluding hydrogens is 282 g/mol. The Morgan fingerprint density at radius 2 is 1.68 bits per heavy atom. The number of hydrogen-bond donors (Lipinski definition) is 2. The number of carbonyl (C=O) groups excluding carboxylic acids is 2. The van der Waals surface area contributed by atoms with Gasteiger partial charge in [-0.05, 0) is 52.4 Å². The van der Waals surface area contributed by atoms with E-state index in [-0.39, 0.29) is 23.7 Å². The number of unbranched alkanes of at least 4 members (excludes halogenated alkanes) is 1. The molecule has 0 aliphatic carbocycles. The van der Waals surface area contributed by atoms with Gasteiger partial charge in [0.2, 0.25) is 0 Å². The summed E-state index contributed by atoms with van der Waals surface area (Å²) in [5.41, 5.74) is 12.3. The van der Waals surface area contributed by atoms with Gasteiger partial charge in [0.25, 0.3) is 0 Å². The largest absolute Gasteiger partial charge is 0.322 e. The third kappa shape index (κ3) is 6.91. The van der Waals surface area contributed by atoms with E-state index < -0.39 is 0 Å². The van der Waals surface area contributed by atoms with Crippen molar-refractivity contribution in [1.29, 1.82) is 0 Å². The molecule has 1 heterocycles. The fourth-order valence-electron chi connectivity index (χ4n) is 2.11. The van der Waals surface area contributed by atoms with Gasteiger partial charge in [-0.15, -0.1) is 5.10 Å². The summed E-state index contributed by atoms with van der Waals surface area (Å²) in [5.74, 6) is 0.0548. The minimum absolute atomic E-state index is 0.0208. The third-order valence-corrected chi connectivity index (χ3v) is 3.73. The average molecular weight is 309 g/mol. The number of aromatic nitrogens is 3. The van der Waals surface area contributed by atoms with Crippen LogP contribution in [0.15, 0.2) is 6.20 Å². The van der Waals surface area contributed by atoms with Gasteiger partial charge < -0.3 is 11.5 Å². The molecule has 0 aromatic carbocycles. The first-order chi connectivity index (χ1) is 10.4. The number of nitrogens with two attached hydrogens (primary N) is 2. The van der Waals surface area contributed by atoms with E-state index in [2.05, 4.69) is 10.3 Å². The number of Topliss-reactive ketones (excluding diaryl/α,β-unsaturated/α-hetero) is 2. The van der Waals surface area contributed by atoms with E-state index in [0.717, 1.165) is 37.9 Å². The van der Waals surface area contributed by atoms with Crippen molar-refractivity contribution < 1.29 is 9.59 Å². The zero-order chi connectivity index (χ0) is 16.5. The maximum absolute atomic E-state index is 11.0. The Kier molecular flexibility index (Phi) is 7.90. The quantitative estimate of drug-likeness (QED) is 0.578. The van der Waals surface area contributed by atoms with Gasteiger partial charge in [0, 0.05) is 12.7 Å². The van der Waals surface area contributed by atoms with Crippen LogP contribution in [0, 0.1) is 0 Å². The number of hydrogen-bond acceptors (Lipinski definition) is 6. The highest BCUT2D eigenvalue weighted by atomic mass is 16.1. The van der Waals surface area contributed by atoms with Crippen molar-refractivity contribution in [1.82, 2.24) is 15.0 Å². The number of rotatable bonds is 11. The Morgan fingerprint density at radius 3 is 2.27 bits per heavy atom. The molecule has 0 saturated carbocycles. The van der Waals surface area contributed by atoms with Crippen LogP contribution in [0.4, 0.5) is 0 Å². The summed E-state index contributed by atoms with van der Waals surface area (Å²) in [6.07, 6.45) is 6.71. The lowest BCUT2D eigenvalue weighted by Gasteiger charge is -2.06. The molecule has 0 saturated heterocycles. The van der Waals surface area contributed by atoms with Crippen LogP contribution < -0.4 is 11.5 Å². The predicted octanol–water partition coefficient (Wildman–Crippen LogP) is 0.604. The molecule has 2 unspecified atom stereocenters. The van der Waals surface area contributed by atoms with E-state index in [4.69, 9.17) is 11.5 Å². The first-order valence-electron chi connectivity index (χ1n) is 7.81. The first-order valence-corrected chi connectivity index (χ1v) is 7.81. The summed E-state index contributed by atoms with van der Waals surface area (Å²) in [6.45, 7) is 3.80. The molecule has 0 bridgehead atoms. The van der Waals surface area contributed by atoms with Crippen LogP contribution in [0.2, 0.25) is 0 Å². The van der Waals surface area contributed by atoms with E-state index >= 15 is 0 Å². The van der Waals surface area contributed by atoms with Crippen molar-refractivity contribution in [2.75, 3.05) is 0 Å². The van der Waals surface area contributed by atoms with E-state index in [0.29, 0.717) is 12.8 Å². The van der Waals surface area contributed by atoms with Crippen LogP contribution >= 0.6 is 0 Å². The first kappa shape index (κ1) is 18.4. The van der Waals surface area contributed by atoms with Gasteiger partial charge in [-0.1, -0.05) is 5.21 Å². The molecule has 2 atom stereocenters. The van der Waals surface area contributed by atoms with Crippen molar-refractivity contribution in [3.63, 3.8) is 0 Å². The molecule has 1 aromatic rings.